The summed E-state index contributed by atoms with van der Waals surface area (Å²) in [5, 5.41) is 3.95. The van der Waals surface area contributed by atoms with Crippen LogP contribution in [0.15, 0.2) is 28.8 Å². The Morgan fingerprint density at radius 1 is 1.14 bits per heavy atom. The summed E-state index contributed by atoms with van der Waals surface area (Å²) >= 11 is 0. The average Bonchev–Trinajstić information content (AvgIpc) is 2.93. The number of benzene rings is 1. The maximum atomic E-state index is 5.19. The quantitative estimate of drug-likeness (QED) is 0.853. The van der Waals surface area contributed by atoms with E-state index in [0.29, 0.717) is 5.89 Å². The van der Waals surface area contributed by atoms with Gasteiger partial charge in [0.2, 0.25) is 5.89 Å². The molecule has 2 heterocycles. The van der Waals surface area contributed by atoms with E-state index in [1.807, 2.05) is 19.1 Å². The molecule has 0 unspecified atom stereocenters. The smallest absolute Gasteiger partial charge is 0.223 e. The fraction of sp³-hybridized carbons (Fsp3) is 0.467. The lowest BCUT2D eigenvalue weighted by molar-refractivity contribution is 0.240. The maximum absolute atomic E-state index is 5.19. The topological polar surface area (TPSA) is 54.6 Å². The van der Waals surface area contributed by atoms with E-state index in [1.165, 1.54) is 5.69 Å². The van der Waals surface area contributed by atoms with Crippen molar-refractivity contribution in [2.45, 2.75) is 13.5 Å². The summed E-state index contributed by atoms with van der Waals surface area (Å²) in [5.74, 6) is 2.29. The van der Waals surface area contributed by atoms with Crippen LogP contribution in [0.4, 0.5) is 5.69 Å². The van der Waals surface area contributed by atoms with E-state index in [4.69, 9.17) is 9.26 Å². The molecule has 0 aliphatic carbocycles. The van der Waals surface area contributed by atoms with Gasteiger partial charge in [-0.25, -0.2) is 0 Å². The second-order valence-corrected chi connectivity index (χ2v) is 5.19. The molecule has 0 amide bonds. The molecule has 1 aromatic heterocycles. The molecule has 1 aromatic carbocycles. The predicted molar refractivity (Wildman–Crippen MR) is 79.5 cm³/mol. The zero-order valence-corrected chi connectivity index (χ0v) is 12.5. The number of aromatic nitrogens is 2. The molecule has 1 aliphatic rings. The van der Waals surface area contributed by atoms with E-state index in [9.17, 15) is 0 Å². The summed E-state index contributed by atoms with van der Waals surface area (Å²) in [7, 11) is 1.69. The van der Waals surface area contributed by atoms with Gasteiger partial charge < -0.3 is 14.2 Å². The Morgan fingerprint density at radius 2 is 1.86 bits per heavy atom. The minimum atomic E-state index is 0.627. The van der Waals surface area contributed by atoms with Crippen LogP contribution in [0.5, 0.6) is 5.75 Å². The number of hydrogen-bond donors (Lipinski definition) is 0. The number of nitrogens with zero attached hydrogens (tertiary/aromatic N) is 4. The van der Waals surface area contributed by atoms with Gasteiger partial charge in [0, 0.05) is 38.8 Å². The first kappa shape index (κ1) is 13.9. The Bertz CT molecular complexity index is 574. The molecule has 6 heteroatoms. The Labute approximate surface area is 124 Å². The molecule has 0 radical (unpaired) electrons. The average molecular weight is 288 g/mol. The molecule has 1 aliphatic heterocycles. The van der Waals surface area contributed by atoms with E-state index < -0.39 is 0 Å². The number of ether oxygens (including phenoxy) is 1. The zero-order valence-electron chi connectivity index (χ0n) is 12.5. The van der Waals surface area contributed by atoms with Crippen LogP contribution in [0, 0.1) is 6.92 Å². The van der Waals surface area contributed by atoms with Gasteiger partial charge in [-0.2, -0.15) is 4.98 Å². The summed E-state index contributed by atoms with van der Waals surface area (Å²) in [4.78, 5) is 8.99. The van der Waals surface area contributed by atoms with Crippen LogP contribution in [0.1, 0.15) is 11.7 Å². The molecule has 0 bridgehead atoms. The second-order valence-electron chi connectivity index (χ2n) is 5.19. The highest BCUT2D eigenvalue weighted by atomic mass is 16.5. The van der Waals surface area contributed by atoms with Gasteiger partial charge in [0.1, 0.15) is 5.75 Å². The molecule has 1 saturated heterocycles. The lowest BCUT2D eigenvalue weighted by atomic mass is 10.2. The molecule has 0 spiro atoms. The molecular weight excluding hydrogens is 268 g/mol. The zero-order chi connectivity index (χ0) is 14.7. The van der Waals surface area contributed by atoms with Crippen molar-refractivity contribution in [1.82, 2.24) is 15.0 Å². The van der Waals surface area contributed by atoms with E-state index in [1.54, 1.807) is 7.11 Å². The summed E-state index contributed by atoms with van der Waals surface area (Å²) in [6.45, 7) is 6.58. The number of anilines is 1. The third-order valence-corrected chi connectivity index (χ3v) is 3.74. The Kier molecular flexibility index (Phi) is 4.06. The molecular formula is C15H20N4O2. The van der Waals surface area contributed by atoms with Crippen molar-refractivity contribution >= 4 is 5.69 Å². The second kappa shape index (κ2) is 6.13. The summed E-state index contributed by atoms with van der Waals surface area (Å²) in [6, 6.07) is 8.22. The molecule has 112 valence electrons. The molecule has 0 saturated carbocycles. The maximum Gasteiger partial charge on any atom is 0.223 e. The highest BCUT2D eigenvalue weighted by Crippen LogP contribution is 2.20. The molecule has 2 aromatic rings. The van der Waals surface area contributed by atoms with Crippen molar-refractivity contribution in [2.24, 2.45) is 0 Å². The third-order valence-electron chi connectivity index (χ3n) is 3.74. The van der Waals surface area contributed by atoms with Crippen LogP contribution in [0.3, 0.4) is 0 Å². The van der Waals surface area contributed by atoms with Gasteiger partial charge in [-0.15, -0.1) is 0 Å². The van der Waals surface area contributed by atoms with Gasteiger partial charge >= 0.3 is 0 Å². The van der Waals surface area contributed by atoms with E-state index in [2.05, 4.69) is 32.1 Å². The predicted octanol–water partition coefficient (Wildman–Crippen LogP) is 1.71. The van der Waals surface area contributed by atoms with E-state index >= 15 is 0 Å². The first-order valence-electron chi connectivity index (χ1n) is 7.15. The van der Waals surface area contributed by atoms with Crippen molar-refractivity contribution in [1.29, 1.82) is 0 Å². The van der Waals surface area contributed by atoms with Gasteiger partial charge in [0.15, 0.2) is 5.82 Å². The van der Waals surface area contributed by atoms with Gasteiger partial charge in [0.25, 0.3) is 0 Å². The van der Waals surface area contributed by atoms with Crippen LogP contribution in [0.2, 0.25) is 0 Å². The fourth-order valence-corrected chi connectivity index (χ4v) is 2.56. The highest BCUT2D eigenvalue weighted by Gasteiger charge is 2.18. The number of aryl methyl sites for hydroxylation is 1. The van der Waals surface area contributed by atoms with Crippen LogP contribution >= 0.6 is 0 Å². The molecule has 3 rings (SSSR count). The molecule has 21 heavy (non-hydrogen) atoms. The molecule has 0 atom stereocenters. The van der Waals surface area contributed by atoms with Crippen molar-refractivity contribution in [3.63, 3.8) is 0 Å². The summed E-state index contributed by atoms with van der Waals surface area (Å²) in [5.41, 5.74) is 1.24. The minimum Gasteiger partial charge on any atom is -0.497 e. The standard InChI is InChI=1S/C15H20N4O2/c1-12-16-15(17-21-12)11-18-7-9-19(10-8-18)13-3-5-14(20-2)6-4-13/h3-6H,7-11H2,1-2H3. The molecule has 1 fully saturated rings. The molecule has 6 nitrogen and oxygen atoms in total. The van der Waals surface area contributed by atoms with Gasteiger partial charge in [0.05, 0.1) is 13.7 Å². The fourth-order valence-electron chi connectivity index (χ4n) is 2.56. The monoisotopic (exact) mass is 288 g/mol. The first-order valence-corrected chi connectivity index (χ1v) is 7.15. The summed E-state index contributed by atoms with van der Waals surface area (Å²) < 4.78 is 10.2. The lowest BCUT2D eigenvalue weighted by Gasteiger charge is -2.35. The van der Waals surface area contributed by atoms with Crippen LogP contribution in [-0.2, 0) is 6.54 Å². The van der Waals surface area contributed by atoms with Crippen LogP contribution in [-0.4, -0.2) is 48.3 Å². The number of piperazine rings is 1. The number of rotatable bonds is 4. The lowest BCUT2D eigenvalue weighted by Crippen LogP contribution is -2.46. The van der Waals surface area contributed by atoms with Crippen molar-refractivity contribution < 1.29 is 9.26 Å². The van der Waals surface area contributed by atoms with Gasteiger partial charge in [-0.05, 0) is 24.3 Å². The Balaban J connectivity index is 1.54. The van der Waals surface area contributed by atoms with Crippen LogP contribution in [0.25, 0.3) is 0 Å². The van der Waals surface area contributed by atoms with Crippen molar-refractivity contribution in [3.8, 4) is 5.75 Å². The van der Waals surface area contributed by atoms with Gasteiger partial charge in [-0.3, -0.25) is 4.90 Å². The normalized spacial score (nSPS) is 16.2. The first-order chi connectivity index (χ1) is 10.2. The van der Waals surface area contributed by atoms with E-state index in [0.717, 1.165) is 44.3 Å². The number of hydrogen-bond acceptors (Lipinski definition) is 6. The largest absolute Gasteiger partial charge is 0.497 e. The summed E-state index contributed by atoms with van der Waals surface area (Å²) in [6.07, 6.45) is 0. The SMILES string of the molecule is COc1ccc(N2CCN(Cc3noc(C)n3)CC2)cc1. The van der Waals surface area contributed by atoms with Crippen LogP contribution < -0.4 is 9.64 Å². The minimum absolute atomic E-state index is 0.627. The Morgan fingerprint density at radius 3 is 2.43 bits per heavy atom. The van der Waals surface area contributed by atoms with E-state index in [-0.39, 0.29) is 0 Å². The highest BCUT2D eigenvalue weighted by molar-refractivity contribution is 5.49. The van der Waals surface area contributed by atoms with Crippen molar-refractivity contribution in [3.05, 3.63) is 36.0 Å². The third kappa shape index (κ3) is 3.33. The van der Waals surface area contributed by atoms with Gasteiger partial charge in [-0.1, -0.05) is 5.16 Å². The molecule has 0 N–H and O–H groups in total. The van der Waals surface area contributed by atoms with Crippen molar-refractivity contribution in [2.75, 3.05) is 38.2 Å². The number of methoxy groups -OCH3 is 1. The Hall–Kier alpha value is -2.08.